The van der Waals surface area contributed by atoms with E-state index in [0.29, 0.717) is 17.4 Å². The van der Waals surface area contributed by atoms with Crippen LogP contribution in [0.15, 0.2) is 23.1 Å². The van der Waals surface area contributed by atoms with Gasteiger partial charge in [0.05, 0.1) is 17.7 Å². The molecule has 1 unspecified atom stereocenters. The lowest BCUT2D eigenvalue weighted by Gasteiger charge is -2.14. The zero-order chi connectivity index (χ0) is 14.9. The first-order chi connectivity index (χ1) is 9.32. The van der Waals surface area contributed by atoms with Gasteiger partial charge in [-0.2, -0.15) is 0 Å². The second kappa shape index (κ2) is 5.61. The van der Waals surface area contributed by atoms with Crippen molar-refractivity contribution < 1.29 is 17.9 Å². The van der Waals surface area contributed by atoms with Gasteiger partial charge in [0.1, 0.15) is 5.75 Å². The predicted octanol–water partition coefficient (Wildman–Crippen LogP) is 2.61. The van der Waals surface area contributed by atoms with E-state index in [4.69, 9.17) is 15.4 Å². The molecule has 1 aliphatic rings. The Labute approximate surface area is 122 Å². The Balaban J connectivity index is 2.26. The second-order valence-corrected chi connectivity index (χ2v) is 7.48. The molecule has 0 heterocycles. The fourth-order valence-electron chi connectivity index (χ4n) is 1.99. The summed E-state index contributed by atoms with van der Waals surface area (Å²) in [5, 5.41) is 2.71. The summed E-state index contributed by atoms with van der Waals surface area (Å²) in [5.41, 5.74) is 0.312. The molecular weight excluding hydrogens is 302 g/mol. The number of nitrogens with one attached hydrogen (secondary N) is 1. The fourth-order valence-corrected chi connectivity index (χ4v) is 2.77. The minimum Gasteiger partial charge on any atom is -0.495 e. The van der Waals surface area contributed by atoms with Crippen LogP contribution in [-0.2, 0) is 13.8 Å². The lowest BCUT2D eigenvalue weighted by Crippen LogP contribution is -2.22. The number of anilines is 1. The molecular formula is C13H16ClNO4S. The van der Waals surface area contributed by atoms with E-state index in [1.807, 2.05) is 6.92 Å². The molecule has 1 amide bonds. The third-order valence-corrected chi connectivity index (χ3v) is 4.80. The third-order valence-electron chi connectivity index (χ3n) is 3.45. The molecule has 0 saturated heterocycles. The monoisotopic (exact) mass is 317 g/mol. The van der Waals surface area contributed by atoms with Crippen molar-refractivity contribution in [2.45, 2.75) is 24.7 Å². The smallest absolute Gasteiger partial charge is 0.261 e. The minimum absolute atomic E-state index is 0.0747. The van der Waals surface area contributed by atoms with Gasteiger partial charge in [-0.15, -0.1) is 0 Å². The van der Waals surface area contributed by atoms with E-state index in [1.54, 1.807) is 0 Å². The number of methoxy groups -OCH3 is 1. The largest absolute Gasteiger partial charge is 0.495 e. The van der Waals surface area contributed by atoms with Gasteiger partial charge in [-0.3, -0.25) is 4.79 Å². The highest BCUT2D eigenvalue weighted by Crippen LogP contribution is 2.37. The van der Waals surface area contributed by atoms with Crippen molar-refractivity contribution in [1.82, 2.24) is 0 Å². The molecule has 1 fully saturated rings. The van der Waals surface area contributed by atoms with Crippen LogP contribution in [0.2, 0.25) is 0 Å². The molecule has 0 radical (unpaired) electrons. The molecule has 0 bridgehead atoms. The van der Waals surface area contributed by atoms with Crippen molar-refractivity contribution in [3.8, 4) is 5.75 Å². The number of hydrogen-bond donors (Lipinski definition) is 1. The van der Waals surface area contributed by atoms with Crippen LogP contribution in [-0.4, -0.2) is 21.4 Å². The Morgan fingerprint density at radius 3 is 2.60 bits per heavy atom. The first-order valence-corrected chi connectivity index (χ1v) is 8.57. The summed E-state index contributed by atoms with van der Waals surface area (Å²) in [5.74, 6) is 0.567. The molecule has 1 aliphatic carbocycles. The SMILES string of the molecule is COc1ccc(S(=O)(=O)Cl)cc1NC(=O)C(C)C1CC1. The van der Waals surface area contributed by atoms with Gasteiger partial charge < -0.3 is 10.1 Å². The molecule has 7 heteroatoms. The van der Waals surface area contributed by atoms with Crippen LogP contribution >= 0.6 is 10.7 Å². The van der Waals surface area contributed by atoms with Gasteiger partial charge in [0.2, 0.25) is 5.91 Å². The van der Waals surface area contributed by atoms with E-state index in [2.05, 4.69) is 5.32 Å². The van der Waals surface area contributed by atoms with Crippen LogP contribution in [0.4, 0.5) is 5.69 Å². The molecule has 0 aliphatic heterocycles. The normalized spacial score (nSPS) is 16.6. The molecule has 5 nitrogen and oxygen atoms in total. The van der Waals surface area contributed by atoms with Crippen molar-refractivity contribution in [1.29, 1.82) is 0 Å². The van der Waals surface area contributed by atoms with Crippen LogP contribution in [0, 0.1) is 11.8 Å². The van der Waals surface area contributed by atoms with Crippen molar-refractivity contribution >= 4 is 31.3 Å². The van der Waals surface area contributed by atoms with Gasteiger partial charge in [0.15, 0.2) is 0 Å². The summed E-state index contributed by atoms with van der Waals surface area (Å²) in [7, 11) is 2.91. The number of rotatable bonds is 5. The van der Waals surface area contributed by atoms with E-state index in [0.717, 1.165) is 12.8 Å². The van der Waals surface area contributed by atoms with Crippen LogP contribution < -0.4 is 10.1 Å². The summed E-state index contributed by atoms with van der Waals surface area (Å²) < 4.78 is 27.8. The van der Waals surface area contributed by atoms with E-state index in [9.17, 15) is 13.2 Å². The molecule has 1 aromatic rings. The first kappa shape index (κ1) is 15.1. The highest BCUT2D eigenvalue weighted by Gasteiger charge is 2.33. The van der Waals surface area contributed by atoms with E-state index in [-0.39, 0.29) is 16.7 Å². The zero-order valence-corrected chi connectivity index (χ0v) is 12.8. The molecule has 1 atom stereocenters. The Hall–Kier alpha value is -1.27. The van der Waals surface area contributed by atoms with Gasteiger partial charge in [0.25, 0.3) is 9.05 Å². The van der Waals surface area contributed by atoms with Crippen LogP contribution in [0.1, 0.15) is 19.8 Å². The standard InChI is InChI=1S/C13H16ClNO4S/c1-8(9-3-4-9)13(16)15-11-7-10(20(14,17)18)5-6-12(11)19-2/h5-9H,3-4H2,1-2H3,(H,15,16). The Morgan fingerprint density at radius 1 is 1.45 bits per heavy atom. The zero-order valence-electron chi connectivity index (χ0n) is 11.2. The summed E-state index contributed by atoms with van der Waals surface area (Å²) >= 11 is 0. The number of amides is 1. The molecule has 110 valence electrons. The van der Waals surface area contributed by atoms with Crippen LogP contribution in [0.25, 0.3) is 0 Å². The van der Waals surface area contributed by atoms with Crippen LogP contribution in [0.3, 0.4) is 0 Å². The predicted molar refractivity (Wildman–Crippen MR) is 76.6 cm³/mol. The number of carbonyl (C=O) groups excluding carboxylic acids is 1. The topological polar surface area (TPSA) is 72.5 Å². The lowest BCUT2D eigenvalue weighted by molar-refractivity contribution is -0.119. The van der Waals surface area contributed by atoms with Crippen molar-refractivity contribution in [3.05, 3.63) is 18.2 Å². The number of hydrogen-bond acceptors (Lipinski definition) is 4. The number of ether oxygens (including phenoxy) is 1. The maximum absolute atomic E-state index is 12.1. The Morgan fingerprint density at radius 2 is 2.10 bits per heavy atom. The summed E-state index contributed by atoms with van der Waals surface area (Å²) in [6, 6.07) is 4.10. The molecule has 0 aromatic heterocycles. The maximum Gasteiger partial charge on any atom is 0.261 e. The summed E-state index contributed by atoms with van der Waals surface area (Å²) in [6.07, 6.45) is 2.11. The minimum atomic E-state index is -3.84. The Bertz CT molecular complexity index is 625. The van der Waals surface area contributed by atoms with Crippen molar-refractivity contribution in [2.75, 3.05) is 12.4 Å². The molecule has 20 heavy (non-hydrogen) atoms. The Kier molecular flexibility index (Phi) is 4.25. The van der Waals surface area contributed by atoms with Gasteiger partial charge in [-0.25, -0.2) is 8.42 Å². The molecule has 0 spiro atoms. The summed E-state index contributed by atoms with van der Waals surface area (Å²) in [4.78, 5) is 12.0. The van der Waals surface area contributed by atoms with E-state index in [1.165, 1.54) is 25.3 Å². The van der Waals surface area contributed by atoms with E-state index >= 15 is 0 Å². The summed E-state index contributed by atoms with van der Waals surface area (Å²) in [6.45, 7) is 1.86. The van der Waals surface area contributed by atoms with E-state index < -0.39 is 9.05 Å². The highest BCUT2D eigenvalue weighted by atomic mass is 35.7. The number of carbonyl (C=O) groups is 1. The second-order valence-electron chi connectivity index (χ2n) is 4.92. The van der Waals surface area contributed by atoms with Gasteiger partial charge >= 0.3 is 0 Å². The van der Waals surface area contributed by atoms with Crippen LogP contribution in [0.5, 0.6) is 5.75 Å². The fraction of sp³-hybridized carbons (Fsp3) is 0.462. The third kappa shape index (κ3) is 3.43. The molecule has 1 saturated carbocycles. The van der Waals surface area contributed by atoms with Crippen molar-refractivity contribution in [3.63, 3.8) is 0 Å². The quantitative estimate of drug-likeness (QED) is 0.847. The van der Waals surface area contributed by atoms with Crippen molar-refractivity contribution in [2.24, 2.45) is 11.8 Å². The lowest BCUT2D eigenvalue weighted by atomic mass is 10.1. The number of halogens is 1. The maximum atomic E-state index is 12.1. The molecule has 1 aromatic carbocycles. The van der Waals surface area contributed by atoms with Gasteiger partial charge in [-0.1, -0.05) is 6.92 Å². The molecule has 1 N–H and O–H groups in total. The molecule has 2 rings (SSSR count). The van der Waals surface area contributed by atoms with Gasteiger partial charge in [0, 0.05) is 16.6 Å². The first-order valence-electron chi connectivity index (χ1n) is 6.26. The van der Waals surface area contributed by atoms with Gasteiger partial charge in [-0.05, 0) is 37.0 Å². The average molecular weight is 318 g/mol. The highest BCUT2D eigenvalue weighted by molar-refractivity contribution is 8.13. The average Bonchev–Trinajstić information content (AvgIpc) is 3.20. The number of benzene rings is 1.